The minimum Gasteiger partial charge on any atom is -0.337 e. The zero-order chi connectivity index (χ0) is 15.1. The van der Waals surface area contributed by atoms with Gasteiger partial charge in [-0.05, 0) is 18.9 Å². The molecule has 1 fully saturated rings. The third-order valence-corrected chi connectivity index (χ3v) is 3.64. The van der Waals surface area contributed by atoms with Crippen LogP contribution in [0.1, 0.15) is 43.1 Å². The van der Waals surface area contributed by atoms with Crippen molar-refractivity contribution in [2.45, 2.75) is 43.9 Å². The first kappa shape index (κ1) is 16.8. The average Bonchev–Trinajstić information content (AvgIpc) is 3.09. The number of rotatable bonds is 3. The van der Waals surface area contributed by atoms with Crippen LogP contribution in [0.3, 0.4) is 0 Å². The molecule has 0 saturated heterocycles. The molecule has 2 aromatic rings. The van der Waals surface area contributed by atoms with E-state index in [1.165, 1.54) is 6.20 Å². The summed E-state index contributed by atoms with van der Waals surface area (Å²) in [6.45, 7) is -0.0147. The lowest BCUT2D eigenvalue weighted by Gasteiger charge is -2.17. The monoisotopic (exact) mass is 337 g/mol. The summed E-state index contributed by atoms with van der Waals surface area (Å²) < 4.78 is 43.5. The molecule has 0 radical (unpaired) electrons. The molecule has 3 rings (SSSR count). The van der Waals surface area contributed by atoms with Crippen LogP contribution in [-0.2, 0) is 18.3 Å². The molecule has 6 nitrogen and oxygen atoms in total. The fourth-order valence-electron chi connectivity index (χ4n) is 2.49. The molecule has 0 bridgehead atoms. The third kappa shape index (κ3) is 3.25. The van der Waals surface area contributed by atoms with Crippen LogP contribution in [-0.4, -0.2) is 19.9 Å². The molecule has 2 N–H and O–H groups in total. The molecule has 0 aromatic carbocycles. The van der Waals surface area contributed by atoms with Gasteiger partial charge < -0.3 is 10.3 Å². The first-order valence-electron chi connectivity index (χ1n) is 6.59. The molecule has 0 atom stereocenters. The molecule has 22 heavy (non-hydrogen) atoms. The number of aromatic nitrogens is 4. The van der Waals surface area contributed by atoms with E-state index in [9.17, 15) is 13.2 Å². The van der Waals surface area contributed by atoms with Crippen molar-refractivity contribution in [3.05, 3.63) is 29.7 Å². The Kier molecular flexibility index (Phi) is 4.48. The van der Waals surface area contributed by atoms with E-state index in [0.29, 0.717) is 5.82 Å². The lowest BCUT2D eigenvalue weighted by molar-refractivity contribution is -0.141. The largest absolute Gasteiger partial charge is 0.435 e. The number of halogens is 4. The Morgan fingerprint density at radius 2 is 2.00 bits per heavy atom. The highest BCUT2D eigenvalue weighted by molar-refractivity contribution is 5.85. The molecule has 1 aliphatic rings. The fraction of sp³-hybridized carbons (Fsp3) is 0.583. The van der Waals surface area contributed by atoms with Gasteiger partial charge in [0.1, 0.15) is 6.54 Å². The van der Waals surface area contributed by atoms with E-state index in [2.05, 4.69) is 15.2 Å². The van der Waals surface area contributed by atoms with Gasteiger partial charge in [0.15, 0.2) is 11.5 Å². The second-order valence-corrected chi connectivity index (χ2v) is 5.27. The number of alkyl halides is 3. The first-order chi connectivity index (χ1) is 9.87. The van der Waals surface area contributed by atoms with Gasteiger partial charge >= 0.3 is 6.18 Å². The van der Waals surface area contributed by atoms with Crippen molar-refractivity contribution in [2.75, 3.05) is 0 Å². The van der Waals surface area contributed by atoms with E-state index < -0.39 is 17.4 Å². The van der Waals surface area contributed by atoms with E-state index in [0.717, 1.165) is 36.4 Å². The zero-order valence-corrected chi connectivity index (χ0v) is 12.3. The van der Waals surface area contributed by atoms with Crippen LogP contribution in [0.2, 0.25) is 0 Å². The van der Waals surface area contributed by atoms with Crippen molar-refractivity contribution in [3.63, 3.8) is 0 Å². The molecule has 0 amide bonds. The quantitative estimate of drug-likeness (QED) is 0.930. The molecular weight excluding hydrogens is 323 g/mol. The summed E-state index contributed by atoms with van der Waals surface area (Å²) in [4.78, 5) is 4.19. The van der Waals surface area contributed by atoms with Gasteiger partial charge in [0, 0.05) is 6.20 Å². The highest BCUT2D eigenvalue weighted by Crippen LogP contribution is 2.34. The van der Waals surface area contributed by atoms with Crippen LogP contribution in [0.15, 0.2) is 16.8 Å². The van der Waals surface area contributed by atoms with Gasteiger partial charge in [-0.1, -0.05) is 18.0 Å². The fourth-order valence-corrected chi connectivity index (χ4v) is 2.49. The number of nitrogens with two attached hydrogens (primary N) is 1. The van der Waals surface area contributed by atoms with E-state index in [4.69, 9.17) is 10.3 Å². The molecule has 0 unspecified atom stereocenters. The first-order valence-corrected chi connectivity index (χ1v) is 6.59. The maximum atomic E-state index is 12.5. The summed E-state index contributed by atoms with van der Waals surface area (Å²) in [6, 6.07) is 0.901. The summed E-state index contributed by atoms with van der Waals surface area (Å²) in [6.07, 6.45) is 0.345. The van der Waals surface area contributed by atoms with Gasteiger partial charge in [0.2, 0.25) is 5.89 Å². The number of hydrogen-bond acceptors (Lipinski definition) is 5. The van der Waals surface area contributed by atoms with Crippen LogP contribution in [0.4, 0.5) is 13.2 Å². The minimum atomic E-state index is -4.46. The molecule has 1 aliphatic carbocycles. The summed E-state index contributed by atoms with van der Waals surface area (Å²) in [5, 5.41) is 7.28. The van der Waals surface area contributed by atoms with Gasteiger partial charge in [-0.2, -0.15) is 23.3 Å². The molecule has 2 heterocycles. The molecule has 122 valence electrons. The molecule has 1 saturated carbocycles. The van der Waals surface area contributed by atoms with Crippen molar-refractivity contribution < 1.29 is 17.7 Å². The average molecular weight is 338 g/mol. The van der Waals surface area contributed by atoms with E-state index in [-0.39, 0.29) is 24.8 Å². The lowest BCUT2D eigenvalue weighted by atomic mass is 9.99. The Hall–Kier alpha value is -1.61. The van der Waals surface area contributed by atoms with Gasteiger partial charge in [0.05, 0.1) is 5.54 Å². The standard InChI is InChI=1S/C12H14F3N5O.ClH/c13-12(14,15)8-3-6-20(18-8)7-9-17-10(19-21-9)11(16)4-1-2-5-11;/h3,6H,1-2,4-5,7,16H2;1H. The van der Waals surface area contributed by atoms with Crippen molar-refractivity contribution in [1.82, 2.24) is 19.9 Å². The van der Waals surface area contributed by atoms with Crippen LogP contribution >= 0.6 is 12.4 Å². The van der Waals surface area contributed by atoms with Crippen molar-refractivity contribution in [1.29, 1.82) is 0 Å². The van der Waals surface area contributed by atoms with E-state index in [1.807, 2.05) is 0 Å². The van der Waals surface area contributed by atoms with E-state index in [1.54, 1.807) is 0 Å². The Bertz CT molecular complexity index is 633. The van der Waals surface area contributed by atoms with Gasteiger partial charge in [-0.25, -0.2) is 0 Å². The molecule has 0 aliphatic heterocycles. The molecule has 10 heteroatoms. The van der Waals surface area contributed by atoms with Crippen LogP contribution in [0.5, 0.6) is 0 Å². The Balaban J connectivity index is 0.00000176. The second-order valence-electron chi connectivity index (χ2n) is 5.27. The maximum absolute atomic E-state index is 12.5. The highest BCUT2D eigenvalue weighted by atomic mass is 35.5. The van der Waals surface area contributed by atoms with Crippen molar-refractivity contribution >= 4 is 12.4 Å². The highest BCUT2D eigenvalue weighted by Gasteiger charge is 2.36. The summed E-state index contributed by atoms with van der Waals surface area (Å²) in [7, 11) is 0. The summed E-state index contributed by atoms with van der Waals surface area (Å²) in [5.41, 5.74) is 4.66. The Morgan fingerprint density at radius 3 is 2.59 bits per heavy atom. The number of hydrogen-bond donors (Lipinski definition) is 1. The van der Waals surface area contributed by atoms with Crippen LogP contribution in [0, 0.1) is 0 Å². The molecular formula is C12H15ClF3N5O. The van der Waals surface area contributed by atoms with Crippen molar-refractivity contribution in [2.24, 2.45) is 5.73 Å². The smallest absolute Gasteiger partial charge is 0.337 e. The SMILES string of the molecule is Cl.NC1(c2noc(Cn3ccc(C(F)(F)F)n3)n2)CCCC1. The van der Waals surface area contributed by atoms with E-state index >= 15 is 0 Å². The number of nitrogens with zero attached hydrogens (tertiary/aromatic N) is 4. The van der Waals surface area contributed by atoms with Gasteiger partial charge in [0.25, 0.3) is 0 Å². The Morgan fingerprint density at radius 1 is 1.32 bits per heavy atom. The summed E-state index contributed by atoms with van der Waals surface area (Å²) in [5.74, 6) is 0.608. The Labute approximate surface area is 130 Å². The van der Waals surface area contributed by atoms with Crippen molar-refractivity contribution in [3.8, 4) is 0 Å². The third-order valence-electron chi connectivity index (χ3n) is 3.64. The predicted octanol–water partition coefficient (Wildman–Crippen LogP) is 2.48. The van der Waals surface area contributed by atoms with Crippen LogP contribution in [0.25, 0.3) is 0 Å². The topological polar surface area (TPSA) is 82.8 Å². The normalized spacial score (nSPS) is 17.5. The minimum absolute atomic E-state index is 0. The predicted molar refractivity (Wildman–Crippen MR) is 72.2 cm³/mol. The second kappa shape index (κ2) is 5.88. The van der Waals surface area contributed by atoms with Crippen LogP contribution < -0.4 is 5.73 Å². The molecule has 2 aromatic heterocycles. The zero-order valence-electron chi connectivity index (χ0n) is 11.5. The molecule has 0 spiro atoms. The van der Waals surface area contributed by atoms with Gasteiger partial charge in [-0.15, -0.1) is 12.4 Å². The van der Waals surface area contributed by atoms with Gasteiger partial charge in [-0.3, -0.25) is 4.68 Å². The summed E-state index contributed by atoms with van der Waals surface area (Å²) >= 11 is 0. The lowest BCUT2D eigenvalue weighted by Crippen LogP contribution is -2.34. The maximum Gasteiger partial charge on any atom is 0.435 e.